The first-order valence-electron chi connectivity index (χ1n) is 4.03. The van der Waals surface area contributed by atoms with Crippen LogP contribution in [-0.4, -0.2) is 23.1 Å². The van der Waals surface area contributed by atoms with E-state index in [0.29, 0.717) is 5.56 Å². The van der Waals surface area contributed by atoms with Gasteiger partial charge in [0.05, 0.1) is 12.0 Å². The first-order chi connectivity index (χ1) is 6.97. The molecule has 0 atom stereocenters. The summed E-state index contributed by atoms with van der Waals surface area (Å²) in [4.78, 5) is 20.9. The Kier molecular flexibility index (Phi) is 4.43. The van der Waals surface area contributed by atoms with Gasteiger partial charge in [-0.3, -0.25) is 10.1 Å². The number of carbonyl (C=O) groups excluding carboxylic acids is 1. The predicted octanol–water partition coefficient (Wildman–Crippen LogP) is 2.03. The largest absolute Gasteiger partial charge is 0.501 e. The van der Waals surface area contributed by atoms with Gasteiger partial charge < -0.3 is 9.84 Å². The minimum atomic E-state index is -0.806. The van der Waals surface area contributed by atoms with E-state index >= 15 is 0 Å². The molecule has 0 bridgehead atoms. The maximum Gasteiger partial charge on any atom is 0.341 e. The van der Waals surface area contributed by atoms with Crippen molar-refractivity contribution in [2.45, 2.75) is 14.4 Å². The number of carbonyl (C=O) groups is 1. The molecule has 0 fully saturated rings. The van der Waals surface area contributed by atoms with Crippen LogP contribution < -0.4 is 0 Å². The number of benzene rings is 1. The summed E-state index contributed by atoms with van der Waals surface area (Å²) in [5.41, 5.74) is -0.209. The summed E-state index contributed by atoms with van der Waals surface area (Å²) in [5.74, 6) is -1.48. The first kappa shape index (κ1) is 13.9. The summed E-state index contributed by atoms with van der Waals surface area (Å²) >= 11 is 0. The highest BCUT2D eigenvalue weighted by Crippen LogP contribution is 2.31. The number of hydrogen-bond donors (Lipinski definition) is 1. The van der Waals surface area contributed by atoms with E-state index in [2.05, 4.69) is 4.74 Å². The van der Waals surface area contributed by atoms with Crippen molar-refractivity contribution >= 4 is 11.7 Å². The molecule has 88 valence electrons. The van der Waals surface area contributed by atoms with Gasteiger partial charge in [0.15, 0.2) is 0 Å². The third-order valence-electron chi connectivity index (χ3n) is 1.84. The normalized spacial score (nSPS) is 9.12. The van der Waals surface area contributed by atoms with Crippen LogP contribution in [0.25, 0.3) is 0 Å². The zero-order chi connectivity index (χ0) is 11.6. The van der Waals surface area contributed by atoms with Crippen molar-refractivity contribution in [1.82, 2.24) is 0 Å². The smallest absolute Gasteiger partial charge is 0.341 e. The zero-order valence-corrected chi connectivity index (χ0v) is 8.18. The average Bonchev–Trinajstić information content (AvgIpc) is 2.19. The second-order valence-corrected chi connectivity index (χ2v) is 2.93. The number of rotatable bonds is 2. The van der Waals surface area contributed by atoms with Crippen molar-refractivity contribution in [1.29, 1.82) is 0 Å². The number of aromatic hydroxyl groups is 1. The van der Waals surface area contributed by atoms with Crippen LogP contribution >= 0.6 is 0 Å². The lowest BCUT2D eigenvalue weighted by molar-refractivity contribution is -0.385. The molecule has 1 aromatic rings. The highest BCUT2D eigenvalue weighted by molar-refractivity contribution is 5.94. The van der Waals surface area contributed by atoms with Crippen molar-refractivity contribution in [3.8, 4) is 5.75 Å². The molecule has 0 heterocycles. The molecule has 16 heavy (non-hydrogen) atoms. The highest BCUT2D eigenvalue weighted by Gasteiger charge is 2.22. The molecule has 6 heteroatoms. The number of nitro groups is 1. The van der Waals surface area contributed by atoms with Crippen LogP contribution in [0.4, 0.5) is 5.69 Å². The average molecular weight is 227 g/mol. The Bertz CT molecular complexity index is 427. The monoisotopic (exact) mass is 227 g/mol. The number of ether oxygens (including phenoxy) is 1. The number of aryl methyl sites for hydroxylation is 1. The number of nitrogens with zero attached hydrogens (tertiary/aromatic N) is 1. The van der Waals surface area contributed by atoms with Crippen LogP contribution in [0, 0.1) is 17.0 Å². The molecule has 0 aromatic heterocycles. The number of methoxy groups -OCH3 is 1. The van der Waals surface area contributed by atoms with Crippen LogP contribution in [-0.2, 0) is 4.74 Å². The van der Waals surface area contributed by atoms with Gasteiger partial charge in [0.25, 0.3) is 0 Å². The Morgan fingerprint density at radius 2 is 2.06 bits per heavy atom. The molecule has 0 aliphatic heterocycles. The number of phenolic OH excluding ortho intramolecular Hbond substituents is 1. The Balaban J connectivity index is 0.00000225. The van der Waals surface area contributed by atoms with Crippen LogP contribution in [0.2, 0.25) is 0 Å². The minimum Gasteiger partial charge on any atom is -0.501 e. The second kappa shape index (κ2) is 5.11. The van der Waals surface area contributed by atoms with E-state index in [-0.39, 0.29) is 13.0 Å². The lowest BCUT2D eigenvalue weighted by atomic mass is 10.1. The van der Waals surface area contributed by atoms with Crippen molar-refractivity contribution < 1.29 is 19.6 Å². The van der Waals surface area contributed by atoms with Gasteiger partial charge in [-0.15, -0.1) is 0 Å². The molecule has 0 radical (unpaired) electrons. The van der Waals surface area contributed by atoms with Crippen molar-refractivity contribution in [3.63, 3.8) is 0 Å². The molecule has 0 saturated carbocycles. The van der Waals surface area contributed by atoms with Crippen molar-refractivity contribution in [3.05, 3.63) is 33.4 Å². The number of nitro benzene ring substituents is 1. The minimum absolute atomic E-state index is 0. The van der Waals surface area contributed by atoms with Gasteiger partial charge in [-0.2, -0.15) is 0 Å². The van der Waals surface area contributed by atoms with E-state index in [1.165, 1.54) is 12.1 Å². The van der Waals surface area contributed by atoms with E-state index in [0.717, 1.165) is 7.11 Å². The first-order valence-corrected chi connectivity index (χ1v) is 4.03. The van der Waals surface area contributed by atoms with Crippen molar-refractivity contribution in [2.75, 3.05) is 7.11 Å². The summed E-state index contributed by atoms with van der Waals surface area (Å²) in [5, 5.41) is 20.0. The molecule has 1 N–H and O–H groups in total. The van der Waals surface area contributed by atoms with Gasteiger partial charge in [-0.05, 0) is 18.6 Å². The quantitative estimate of drug-likeness (QED) is 0.474. The zero-order valence-electron chi connectivity index (χ0n) is 8.18. The Morgan fingerprint density at radius 3 is 2.50 bits per heavy atom. The topological polar surface area (TPSA) is 89.7 Å². The molecule has 0 saturated heterocycles. The number of esters is 1. The van der Waals surface area contributed by atoms with Crippen molar-refractivity contribution in [2.24, 2.45) is 0 Å². The van der Waals surface area contributed by atoms with Crippen LogP contribution in [0.15, 0.2) is 12.1 Å². The Morgan fingerprint density at radius 1 is 1.50 bits per heavy atom. The molecule has 0 aliphatic carbocycles. The fourth-order valence-corrected chi connectivity index (χ4v) is 1.16. The lowest BCUT2D eigenvalue weighted by Gasteiger charge is -2.04. The summed E-state index contributed by atoms with van der Waals surface area (Å²) < 4.78 is 4.39. The third kappa shape index (κ3) is 2.47. The Hall–Kier alpha value is -2.11. The van der Waals surface area contributed by atoms with Gasteiger partial charge >= 0.3 is 11.7 Å². The standard InChI is InChI=1S/C9H9NO5.CH4/c1-5-3-6(9(12)15-2)8(11)7(4-5)10(13)14;/h3-4,11H,1-2H3;1H4. The summed E-state index contributed by atoms with van der Waals surface area (Å²) in [6, 6.07) is 2.51. The molecule has 1 aromatic carbocycles. The summed E-state index contributed by atoms with van der Waals surface area (Å²) in [6.45, 7) is 1.58. The number of hydrogen-bond acceptors (Lipinski definition) is 5. The predicted molar refractivity (Wildman–Crippen MR) is 57.6 cm³/mol. The fraction of sp³-hybridized carbons (Fsp3) is 0.300. The van der Waals surface area contributed by atoms with Gasteiger partial charge in [-0.1, -0.05) is 7.43 Å². The molecular formula is C10H13NO5. The molecule has 1 rings (SSSR count). The second-order valence-electron chi connectivity index (χ2n) is 2.93. The molecule has 0 unspecified atom stereocenters. The molecular weight excluding hydrogens is 214 g/mol. The van der Waals surface area contributed by atoms with Gasteiger partial charge in [0.1, 0.15) is 5.56 Å². The van der Waals surface area contributed by atoms with Crippen LogP contribution in [0.3, 0.4) is 0 Å². The molecule has 0 amide bonds. The highest BCUT2D eigenvalue weighted by atomic mass is 16.6. The third-order valence-corrected chi connectivity index (χ3v) is 1.84. The Labute approximate surface area is 92.6 Å². The van der Waals surface area contributed by atoms with E-state index < -0.39 is 22.3 Å². The lowest BCUT2D eigenvalue weighted by Crippen LogP contribution is -2.03. The molecule has 0 aliphatic rings. The van der Waals surface area contributed by atoms with E-state index in [1.54, 1.807) is 6.92 Å². The SMILES string of the molecule is C.COC(=O)c1cc(C)cc([N+](=O)[O-])c1O. The van der Waals surface area contributed by atoms with Crippen LogP contribution in [0.1, 0.15) is 23.3 Å². The van der Waals surface area contributed by atoms with Crippen LogP contribution in [0.5, 0.6) is 5.75 Å². The van der Waals surface area contributed by atoms with Gasteiger partial charge in [0, 0.05) is 6.07 Å². The summed E-state index contributed by atoms with van der Waals surface area (Å²) in [6.07, 6.45) is 0. The van der Waals surface area contributed by atoms with E-state index in [9.17, 15) is 20.0 Å². The number of phenols is 1. The maximum absolute atomic E-state index is 11.2. The van der Waals surface area contributed by atoms with E-state index in [4.69, 9.17) is 0 Å². The molecule has 6 nitrogen and oxygen atoms in total. The summed E-state index contributed by atoms with van der Waals surface area (Å²) in [7, 11) is 1.13. The van der Waals surface area contributed by atoms with Gasteiger partial charge in [0.2, 0.25) is 5.75 Å². The fourth-order valence-electron chi connectivity index (χ4n) is 1.16. The van der Waals surface area contributed by atoms with E-state index in [1.807, 2.05) is 0 Å². The molecule has 0 spiro atoms. The maximum atomic E-state index is 11.2. The van der Waals surface area contributed by atoms with Gasteiger partial charge in [-0.25, -0.2) is 4.79 Å².